The summed E-state index contributed by atoms with van der Waals surface area (Å²) in [5.41, 5.74) is 9.39. The minimum absolute atomic E-state index is 0. The van der Waals surface area contributed by atoms with Gasteiger partial charge in [0.25, 0.3) is 0 Å². The van der Waals surface area contributed by atoms with Gasteiger partial charge >= 0.3 is 0 Å². The average Bonchev–Trinajstić information content (AvgIpc) is 2.67. The molecule has 28 heavy (non-hydrogen) atoms. The van der Waals surface area contributed by atoms with Crippen molar-refractivity contribution in [3.8, 4) is 11.3 Å². The third-order valence-corrected chi connectivity index (χ3v) is 5.08. The number of hydrogen-bond acceptors (Lipinski definition) is 6. The SMILES string of the molecule is CN1CCC(NCc2cc(F)cc(-c3ccc4ncnc(N)c4n3)c2)CC1.Cl. The van der Waals surface area contributed by atoms with Crippen molar-refractivity contribution in [1.29, 1.82) is 0 Å². The lowest BCUT2D eigenvalue weighted by atomic mass is 10.0. The second kappa shape index (κ2) is 8.77. The summed E-state index contributed by atoms with van der Waals surface area (Å²) in [6.45, 7) is 2.82. The molecule has 6 nitrogen and oxygen atoms in total. The predicted molar refractivity (Wildman–Crippen MR) is 112 cm³/mol. The fourth-order valence-electron chi connectivity index (χ4n) is 3.49. The fraction of sp³-hybridized carbons (Fsp3) is 0.350. The van der Waals surface area contributed by atoms with Crippen LogP contribution >= 0.6 is 12.4 Å². The summed E-state index contributed by atoms with van der Waals surface area (Å²) >= 11 is 0. The molecule has 0 aliphatic carbocycles. The van der Waals surface area contributed by atoms with E-state index in [1.807, 2.05) is 18.2 Å². The van der Waals surface area contributed by atoms with E-state index < -0.39 is 0 Å². The Morgan fingerprint density at radius 3 is 2.75 bits per heavy atom. The zero-order valence-corrected chi connectivity index (χ0v) is 16.5. The van der Waals surface area contributed by atoms with Gasteiger partial charge in [0.1, 0.15) is 17.7 Å². The number of pyridine rings is 1. The first-order chi connectivity index (χ1) is 13.1. The maximum absolute atomic E-state index is 14.2. The van der Waals surface area contributed by atoms with Gasteiger partial charge in [-0.25, -0.2) is 19.3 Å². The molecular weight excluding hydrogens is 379 g/mol. The van der Waals surface area contributed by atoms with Crippen molar-refractivity contribution >= 4 is 29.3 Å². The van der Waals surface area contributed by atoms with E-state index >= 15 is 0 Å². The Kier molecular flexibility index (Phi) is 6.39. The molecule has 3 aromatic rings. The standard InChI is InChI=1S/C20H23FN6.ClH/c1-27-6-4-16(5-7-27)23-11-13-8-14(10-15(21)9-13)17-2-3-18-19(26-17)20(22)25-12-24-18;/h2-3,8-10,12,16,23H,4-7,11H2,1H3,(H2,22,24,25);1H. The predicted octanol–water partition coefficient (Wildman–Crippen LogP) is 3.02. The maximum Gasteiger partial charge on any atom is 0.153 e. The molecule has 3 N–H and O–H groups in total. The summed E-state index contributed by atoms with van der Waals surface area (Å²) in [5, 5.41) is 3.55. The van der Waals surface area contributed by atoms with E-state index in [1.165, 1.54) is 12.4 Å². The molecule has 8 heteroatoms. The Labute approximate surface area is 169 Å². The monoisotopic (exact) mass is 402 g/mol. The molecule has 148 valence electrons. The summed E-state index contributed by atoms with van der Waals surface area (Å²) in [6.07, 6.45) is 3.64. The van der Waals surface area contributed by atoms with Crippen molar-refractivity contribution in [3.05, 3.63) is 48.0 Å². The van der Waals surface area contributed by atoms with Crippen LogP contribution in [-0.4, -0.2) is 46.0 Å². The van der Waals surface area contributed by atoms with Gasteiger partial charge in [-0.15, -0.1) is 12.4 Å². The minimum Gasteiger partial charge on any atom is -0.382 e. The van der Waals surface area contributed by atoms with Crippen LogP contribution in [0.25, 0.3) is 22.3 Å². The summed E-state index contributed by atoms with van der Waals surface area (Å²) in [4.78, 5) is 15.0. The van der Waals surface area contributed by atoms with Gasteiger partial charge in [-0.05, 0) is 68.9 Å². The molecule has 0 spiro atoms. The minimum atomic E-state index is -0.271. The van der Waals surface area contributed by atoms with Crippen molar-refractivity contribution in [2.75, 3.05) is 25.9 Å². The number of nitrogen functional groups attached to an aromatic ring is 1. The van der Waals surface area contributed by atoms with Gasteiger partial charge in [-0.2, -0.15) is 0 Å². The van der Waals surface area contributed by atoms with E-state index in [-0.39, 0.29) is 18.2 Å². The number of nitrogens with two attached hydrogens (primary N) is 1. The van der Waals surface area contributed by atoms with Crippen LogP contribution in [0.15, 0.2) is 36.7 Å². The molecule has 1 saturated heterocycles. The number of likely N-dealkylation sites (tertiary alicyclic amines) is 1. The molecule has 1 aliphatic heterocycles. The molecule has 3 heterocycles. The molecule has 1 aromatic carbocycles. The van der Waals surface area contributed by atoms with Gasteiger partial charge in [-0.3, -0.25) is 0 Å². The van der Waals surface area contributed by atoms with E-state index in [1.54, 1.807) is 6.07 Å². The van der Waals surface area contributed by atoms with Crippen LogP contribution in [0.1, 0.15) is 18.4 Å². The number of fused-ring (bicyclic) bond motifs is 1. The van der Waals surface area contributed by atoms with Crippen molar-refractivity contribution < 1.29 is 4.39 Å². The summed E-state index contributed by atoms with van der Waals surface area (Å²) < 4.78 is 14.2. The molecule has 0 atom stereocenters. The first-order valence-electron chi connectivity index (χ1n) is 9.17. The Balaban J connectivity index is 0.00000225. The number of aromatic nitrogens is 3. The lowest BCUT2D eigenvalue weighted by Gasteiger charge is -2.29. The highest BCUT2D eigenvalue weighted by atomic mass is 35.5. The molecule has 0 unspecified atom stereocenters. The van der Waals surface area contributed by atoms with Crippen molar-refractivity contribution in [2.45, 2.75) is 25.4 Å². The number of halogens is 2. The first kappa shape index (κ1) is 20.4. The van der Waals surface area contributed by atoms with E-state index in [4.69, 9.17) is 5.73 Å². The van der Waals surface area contributed by atoms with Gasteiger partial charge in [0.05, 0.1) is 11.2 Å². The van der Waals surface area contributed by atoms with Crippen LogP contribution < -0.4 is 11.1 Å². The zero-order valence-electron chi connectivity index (χ0n) is 15.7. The van der Waals surface area contributed by atoms with E-state index in [9.17, 15) is 4.39 Å². The maximum atomic E-state index is 14.2. The number of benzene rings is 1. The molecule has 0 bridgehead atoms. The number of nitrogens with zero attached hydrogens (tertiary/aromatic N) is 4. The molecule has 0 saturated carbocycles. The highest BCUT2D eigenvalue weighted by Crippen LogP contribution is 2.24. The third kappa shape index (κ3) is 4.55. The highest BCUT2D eigenvalue weighted by Gasteiger charge is 2.16. The van der Waals surface area contributed by atoms with Gasteiger partial charge in [-0.1, -0.05) is 0 Å². The quantitative estimate of drug-likeness (QED) is 0.698. The van der Waals surface area contributed by atoms with Gasteiger partial charge < -0.3 is 16.0 Å². The number of rotatable bonds is 4. The van der Waals surface area contributed by atoms with Crippen molar-refractivity contribution in [3.63, 3.8) is 0 Å². The zero-order chi connectivity index (χ0) is 18.8. The van der Waals surface area contributed by atoms with Crippen molar-refractivity contribution in [1.82, 2.24) is 25.2 Å². The number of anilines is 1. The lowest BCUT2D eigenvalue weighted by Crippen LogP contribution is -2.40. The summed E-state index contributed by atoms with van der Waals surface area (Å²) in [5.74, 6) is 0.0502. The summed E-state index contributed by atoms with van der Waals surface area (Å²) in [7, 11) is 2.14. The molecule has 0 amide bonds. The van der Waals surface area contributed by atoms with Crippen molar-refractivity contribution in [2.24, 2.45) is 0 Å². The summed E-state index contributed by atoms with van der Waals surface area (Å²) in [6, 6.07) is 9.18. The molecule has 2 aromatic heterocycles. The molecule has 4 rings (SSSR count). The topological polar surface area (TPSA) is 80.0 Å². The second-order valence-corrected chi connectivity index (χ2v) is 7.13. The first-order valence-corrected chi connectivity index (χ1v) is 9.17. The third-order valence-electron chi connectivity index (χ3n) is 5.08. The van der Waals surface area contributed by atoms with Crippen LogP contribution in [0, 0.1) is 5.82 Å². The van der Waals surface area contributed by atoms with E-state index in [2.05, 4.69) is 32.2 Å². The Morgan fingerprint density at radius 1 is 1.18 bits per heavy atom. The molecule has 0 radical (unpaired) electrons. The van der Waals surface area contributed by atoms with Crippen LogP contribution in [-0.2, 0) is 6.54 Å². The van der Waals surface area contributed by atoms with Gasteiger partial charge in [0.15, 0.2) is 5.82 Å². The highest BCUT2D eigenvalue weighted by molar-refractivity contribution is 5.86. The smallest absolute Gasteiger partial charge is 0.153 e. The Hall–Kier alpha value is -2.35. The van der Waals surface area contributed by atoms with Crippen LogP contribution in [0.5, 0.6) is 0 Å². The molecule has 1 aliphatic rings. The second-order valence-electron chi connectivity index (χ2n) is 7.13. The number of nitrogens with one attached hydrogen (secondary N) is 1. The normalized spacial score (nSPS) is 15.5. The Morgan fingerprint density at radius 2 is 1.96 bits per heavy atom. The van der Waals surface area contributed by atoms with Gasteiger partial charge in [0, 0.05) is 18.2 Å². The molecular formula is C20H24ClFN6. The largest absolute Gasteiger partial charge is 0.382 e. The average molecular weight is 403 g/mol. The van der Waals surface area contributed by atoms with Crippen LogP contribution in [0.3, 0.4) is 0 Å². The lowest BCUT2D eigenvalue weighted by molar-refractivity contribution is 0.234. The Bertz CT molecular complexity index is 959. The van der Waals surface area contributed by atoms with Crippen LogP contribution in [0.4, 0.5) is 10.2 Å². The van der Waals surface area contributed by atoms with E-state index in [0.29, 0.717) is 35.1 Å². The van der Waals surface area contributed by atoms with Crippen LogP contribution in [0.2, 0.25) is 0 Å². The van der Waals surface area contributed by atoms with Gasteiger partial charge in [0.2, 0.25) is 0 Å². The molecule has 1 fully saturated rings. The number of hydrogen-bond donors (Lipinski definition) is 2. The number of piperidine rings is 1. The van der Waals surface area contributed by atoms with E-state index in [0.717, 1.165) is 37.1 Å². The fourth-order valence-corrected chi connectivity index (χ4v) is 3.49.